The summed E-state index contributed by atoms with van der Waals surface area (Å²) >= 11 is 0. The van der Waals surface area contributed by atoms with Crippen LogP contribution in [0.3, 0.4) is 0 Å². The second-order valence-corrected chi connectivity index (χ2v) is 7.18. The third-order valence-electron chi connectivity index (χ3n) is 5.12. The Morgan fingerprint density at radius 3 is 2.37 bits per heavy atom. The van der Waals surface area contributed by atoms with Crippen molar-refractivity contribution in [3.8, 4) is 11.1 Å². The van der Waals surface area contributed by atoms with E-state index in [1.165, 1.54) is 16.7 Å². The van der Waals surface area contributed by atoms with Gasteiger partial charge in [0.15, 0.2) is 5.96 Å². The number of nitrogens with two attached hydrogens (primary N) is 1. The van der Waals surface area contributed by atoms with Gasteiger partial charge >= 0.3 is 6.09 Å². The van der Waals surface area contributed by atoms with E-state index in [2.05, 4.69) is 58.8 Å². The first-order chi connectivity index (χ1) is 14.2. The number of halogens is 1. The molecule has 0 atom stereocenters. The number of carbonyl (C=O) groups is 1. The lowest BCUT2D eigenvalue weighted by Gasteiger charge is -2.31. The molecule has 1 fully saturated rings. The van der Waals surface area contributed by atoms with Gasteiger partial charge in [-0.05, 0) is 42.9 Å². The summed E-state index contributed by atoms with van der Waals surface area (Å²) < 4.78 is 5.04. The van der Waals surface area contributed by atoms with E-state index >= 15 is 0 Å². The number of amides is 1. The highest BCUT2D eigenvalue weighted by molar-refractivity contribution is 14.0. The number of hydrogen-bond donors (Lipinski definition) is 2. The van der Waals surface area contributed by atoms with Crippen molar-refractivity contribution in [3.05, 3.63) is 60.2 Å². The SMILES string of the molecule is CCOC(=O)N1CCC(NC(N)=NCCc2ccc(-c3ccccc3)cc2)CC1.I. The molecule has 30 heavy (non-hydrogen) atoms. The van der Waals surface area contributed by atoms with Gasteiger partial charge in [0, 0.05) is 25.7 Å². The molecule has 2 aromatic rings. The van der Waals surface area contributed by atoms with Crippen molar-refractivity contribution in [2.24, 2.45) is 10.7 Å². The molecule has 0 aromatic heterocycles. The Hall–Kier alpha value is -2.29. The predicted molar refractivity (Wildman–Crippen MR) is 132 cm³/mol. The number of nitrogens with one attached hydrogen (secondary N) is 1. The topological polar surface area (TPSA) is 80.0 Å². The number of ether oxygens (including phenoxy) is 1. The molecule has 162 valence electrons. The van der Waals surface area contributed by atoms with Gasteiger partial charge < -0.3 is 20.7 Å². The van der Waals surface area contributed by atoms with E-state index in [0.29, 0.717) is 32.2 Å². The third-order valence-corrected chi connectivity index (χ3v) is 5.12. The molecule has 0 unspecified atom stereocenters. The molecule has 0 spiro atoms. The van der Waals surface area contributed by atoms with Crippen LogP contribution >= 0.6 is 24.0 Å². The van der Waals surface area contributed by atoms with Crippen LogP contribution in [-0.2, 0) is 11.2 Å². The molecule has 1 amide bonds. The number of benzene rings is 2. The van der Waals surface area contributed by atoms with E-state index in [0.717, 1.165) is 19.3 Å². The number of rotatable bonds is 6. The summed E-state index contributed by atoms with van der Waals surface area (Å²) in [6.45, 7) is 4.23. The Bertz CT molecular complexity index is 804. The Balaban J connectivity index is 0.00000320. The number of piperidine rings is 1. The van der Waals surface area contributed by atoms with Crippen LogP contribution in [-0.4, -0.2) is 49.2 Å². The van der Waals surface area contributed by atoms with E-state index in [1.54, 1.807) is 4.90 Å². The minimum atomic E-state index is -0.231. The van der Waals surface area contributed by atoms with Crippen molar-refractivity contribution in [1.82, 2.24) is 10.2 Å². The number of carbonyl (C=O) groups excluding carboxylic acids is 1. The zero-order chi connectivity index (χ0) is 20.5. The summed E-state index contributed by atoms with van der Waals surface area (Å²) in [4.78, 5) is 17.9. The summed E-state index contributed by atoms with van der Waals surface area (Å²) in [7, 11) is 0. The number of aliphatic imine (C=N–C) groups is 1. The summed E-state index contributed by atoms with van der Waals surface area (Å²) in [5.74, 6) is 0.473. The molecule has 3 rings (SSSR count). The van der Waals surface area contributed by atoms with Crippen LogP contribution in [0.1, 0.15) is 25.3 Å². The fourth-order valence-corrected chi connectivity index (χ4v) is 3.48. The molecule has 1 aliphatic heterocycles. The lowest BCUT2D eigenvalue weighted by Crippen LogP contribution is -2.48. The van der Waals surface area contributed by atoms with Gasteiger partial charge in [-0.25, -0.2) is 4.79 Å². The van der Waals surface area contributed by atoms with Crippen molar-refractivity contribution in [1.29, 1.82) is 0 Å². The Labute approximate surface area is 195 Å². The van der Waals surface area contributed by atoms with E-state index < -0.39 is 0 Å². The Kier molecular flexibility index (Phi) is 9.93. The fourth-order valence-electron chi connectivity index (χ4n) is 3.48. The van der Waals surface area contributed by atoms with Gasteiger partial charge in [-0.2, -0.15) is 0 Å². The van der Waals surface area contributed by atoms with E-state index in [1.807, 2.05) is 13.0 Å². The maximum Gasteiger partial charge on any atom is 0.409 e. The first-order valence-corrected chi connectivity index (χ1v) is 10.3. The van der Waals surface area contributed by atoms with Crippen LogP contribution in [0.5, 0.6) is 0 Å². The fraction of sp³-hybridized carbons (Fsp3) is 0.391. The maximum atomic E-state index is 11.7. The van der Waals surface area contributed by atoms with E-state index in [9.17, 15) is 4.79 Å². The van der Waals surface area contributed by atoms with Gasteiger partial charge in [0.05, 0.1) is 6.61 Å². The van der Waals surface area contributed by atoms with Gasteiger partial charge in [-0.3, -0.25) is 4.99 Å². The van der Waals surface area contributed by atoms with Gasteiger partial charge in [0.1, 0.15) is 0 Å². The van der Waals surface area contributed by atoms with Crippen molar-refractivity contribution in [2.75, 3.05) is 26.2 Å². The zero-order valence-corrected chi connectivity index (χ0v) is 19.8. The molecule has 1 saturated heterocycles. The Morgan fingerprint density at radius 2 is 1.73 bits per heavy atom. The van der Waals surface area contributed by atoms with Crippen LogP contribution < -0.4 is 11.1 Å². The first-order valence-electron chi connectivity index (χ1n) is 10.3. The van der Waals surface area contributed by atoms with Crippen molar-refractivity contribution in [2.45, 2.75) is 32.2 Å². The number of hydrogen-bond acceptors (Lipinski definition) is 3. The van der Waals surface area contributed by atoms with Gasteiger partial charge in [-0.1, -0.05) is 54.6 Å². The van der Waals surface area contributed by atoms with Crippen molar-refractivity contribution >= 4 is 36.0 Å². The van der Waals surface area contributed by atoms with E-state index in [4.69, 9.17) is 10.5 Å². The van der Waals surface area contributed by atoms with Gasteiger partial charge in [0.25, 0.3) is 0 Å². The molecule has 6 nitrogen and oxygen atoms in total. The quantitative estimate of drug-likeness (QED) is 0.341. The highest BCUT2D eigenvalue weighted by Crippen LogP contribution is 2.19. The summed E-state index contributed by atoms with van der Waals surface area (Å²) in [5.41, 5.74) is 9.72. The van der Waals surface area contributed by atoms with Crippen LogP contribution in [0.4, 0.5) is 4.79 Å². The Morgan fingerprint density at radius 1 is 1.10 bits per heavy atom. The minimum Gasteiger partial charge on any atom is -0.450 e. The molecule has 3 N–H and O–H groups in total. The smallest absolute Gasteiger partial charge is 0.409 e. The highest BCUT2D eigenvalue weighted by atomic mass is 127. The minimum absolute atomic E-state index is 0. The molecule has 2 aromatic carbocycles. The summed E-state index contributed by atoms with van der Waals surface area (Å²) in [5, 5.41) is 3.28. The molecule has 0 saturated carbocycles. The average Bonchev–Trinajstić information content (AvgIpc) is 2.75. The first kappa shape index (κ1) is 24.0. The van der Waals surface area contributed by atoms with Crippen molar-refractivity contribution in [3.63, 3.8) is 0 Å². The van der Waals surface area contributed by atoms with Crippen LogP contribution in [0, 0.1) is 0 Å². The zero-order valence-electron chi connectivity index (χ0n) is 17.4. The average molecular weight is 522 g/mol. The summed E-state index contributed by atoms with van der Waals surface area (Å²) in [6, 6.07) is 19.2. The molecule has 1 aliphatic rings. The molecule has 0 radical (unpaired) electrons. The van der Waals surface area contributed by atoms with Crippen LogP contribution in [0.25, 0.3) is 11.1 Å². The second-order valence-electron chi connectivity index (χ2n) is 7.18. The van der Waals surface area contributed by atoms with E-state index in [-0.39, 0.29) is 36.1 Å². The molecule has 0 aliphatic carbocycles. The second kappa shape index (κ2) is 12.4. The normalized spacial score (nSPS) is 14.7. The maximum absolute atomic E-state index is 11.7. The lowest BCUT2D eigenvalue weighted by atomic mass is 10.0. The molecular weight excluding hydrogens is 491 g/mol. The van der Waals surface area contributed by atoms with Gasteiger partial charge in [-0.15, -0.1) is 24.0 Å². The van der Waals surface area contributed by atoms with Crippen molar-refractivity contribution < 1.29 is 9.53 Å². The number of guanidine groups is 1. The highest BCUT2D eigenvalue weighted by Gasteiger charge is 2.23. The largest absolute Gasteiger partial charge is 0.450 e. The number of likely N-dealkylation sites (tertiary alicyclic amines) is 1. The summed E-state index contributed by atoms with van der Waals surface area (Å²) in [6.07, 6.45) is 2.30. The lowest BCUT2D eigenvalue weighted by molar-refractivity contribution is 0.0963. The van der Waals surface area contributed by atoms with Crippen LogP contribution in [0.2, 0.25) is 0 Å². The predicted octanol–water partition coefficient (Wildman–Crippen LogP) is 4.04. The molecule has 0 bridgehead atoms. The molecular formula is C23H31IN4O2. The van der Waals surface area contributed by atoms with Crippen LogP contribution in [0.15, 0.2) is 59.6 Å². The molecule has 7 heteroatoms. The number of nitrogens with zero attached hydrogens (tertiary/aromatic N) is 2. The van der Waals surface area contributed by atoms with Gasteiger partial charge in [0.2, 0.25) is 0 Å². The monoisotopic (exact) mass is 522 g/mol. The standard InChI is InChI=1S/C23H30N4O2.HI/c1-2-29-23(28)27-16-13-21(14-17-27)26-22(24)25-15-12-18-8-10-20(11-9-18)19-6-4-3-5-7-19;/h3-11,21H,2,12-17H2,1H3,(H3,24,25,26);1H. The molecule has 1 heterocycles. The third kappa shape index (κ3) is 7.19.